The lowest BCUT2D eigenvalue weighted by molar-refractivity contribution is 0.769. The average molecular weight is 748 g/mol. The van der Waals surface area contributed by atoms with Gasteiger partial charge in [-0.25, -0.2) is 0 Å². The summed E-state index contributed by atoms with van der Waals surface area (Å²) in [5.41, 5.74) is 15.6. The van der Waals surface area contributed by atoms with Crippen molar-refractivity contribution in [1.82, 2.24) is 0 Å². The first kappa shape index (κ1) is 36.3. The van der Waals surface area contributed by atoms with Crippen LogP contribution in [0.1, 0.15) is 24.3 Å². The Bertz CT molecular complexity index is 2530. The molecule has 3 nitrogen and oxygen atoms in total. The Hall–Kier alpha value is -7.36. The molecule has 0 amide bonds. The normalized spacial score (nSPS) is 14.7. The fraction of sp³-hybridized carbons (Fsp3) is 0.0545. The predicted molar refractivity (Wildman–Crippen MR) is 246 cm³/mol. The van der Waals surface area contributed by atoms with Crippen molar-refractivity contribution in [3.8, 4) is 11.1 Å². The summed E-state index contributed by atoms with van der Waals surface area (Å²) in [5.74, 6) is 0.253. The van der Waals surface area contributed by atoms with Gasteiger partial charge in [0.2, 0.25) is 0 Å². The zero-order chi connectivity index (χ0) is 39.1. The highest BCUT2D eigenvalue weighted by Crippen LogP contribution is 2.53. The quantitative estimate of drug-likeness (QED) is 0.115. The lowest BCUT2D eigenvalue weighted by Gasteiger charge is -2.27. The van der Waals surface area contributed by atoms with Crippen molar-refractivity contribution in [2.75, 3.05) is 14.7 Å². The lowest BCUT2D eigenvalue weighted by atomic mass is 9.85. The molecule has 0 spiro atoms. The third-order valence-corrected chi connectivity index (χ3v) is 11.0. The fourth-order valence-electron chi connectivity index (χ4n) is 8.29. The van der Waals surface area contributed by atoms with Gasteiger partial charge in [0.25, 0.3) is 0 Å². The van der Waals surface area contributed by atoms with Crippen LogP contribution in [0.3, 0.4) is 0 Å². The number of para-hydroxylation sites is 5. The molecule has 1 unspecified atom stereocenters. The van der Waals surface area contributed by atoms with Crippen LogP contribution in [0.2, 0.25) is 0 Å². The summed E-state index contributed by atoms with van der Waals surface area (Å²) in [6.45, 7) is 4.06. The van der Waals surface area contributed by atoms with Gasteiger partial charge in [-0.05, 0) is 133 Å². The minimum atomic E-state index is 0.253. The number of hydrogen-bond donors (Lipinski definition) is 0. The predicted octanol–water partition coefficient (Wildman–Crippen LogP) is 15.1. The molecule has 0 bridgehead atoms. The molecule has 1 atom stereocenters. The van der Waals surface area contributed by atoms with Gasteiger partial charge in [0.15, 0.2) is 0 Å². The van der Waals surface area contributed by atoms with Crippen LogP contribution in [0.4, 0.5) is 39.8 Å². The summed E-state index contributed by atoms with van der Waals surface area (Å²) < 4.78 is 0. The van der Waals surface area contributed by atoms with Crippen molar-refractivity contribution in [2.24, 2.45) is 0 Å². The van der Waals surface area contributed by atoms with Gasteiger partial charge in [-0.2, -0.15) is 0 Å². The Balaban J connectivity index is 1.01. The fourth-order valence-corrected chi connectivity index (χ4v) is 8.29. The number of rotatable bonds is 12. The van der Waals surface area contributed by atoms with Gasteiger partial charge in [0, 0.05) is 57.1 Å². The Labute approximate surface area is 342 Å². The van der Waals surface area contributed by atoms with E-state index in [0.29, 0.717) is 0 Å². The van der Waals surface area contributed by atoms with E-state index in [1.165, 1.54) is 39.3 Å². The zero-order valence-corrected chi connectivity index (χ0v) is 32.5. The smallest absolute Gasteiger partial charge is 0.0497 e. The molecule has 58 heavy (non-hydrogen) atoms. The summed E-state index contributed by atoms with van der Waals surface area (Å²) in [4.78, 5) is 7.05. The van der Waals surface area contributed by atoms with E-state index in [2.05, 4.69) is 246 Å². The molecule has 0 saturated heterocycles. The van der Waals surface area contributed by atoms with Gasteiger partial charge in [0.05, 0.1) is 0 Å². The maximum absolute atomic E-state index is 4.06. The average Bonchev–Trinajstić information content (AvgIpc) is 3.61. The second-order valence-corrected chi connectivity index (χ2v) is 14.6. The van der Waals surface area contributed by atoms with E-state index < -0.39 is 0 Å². The third-order valence-electron chi connectivity index (χ3n) is 11.0. The molecule has 0 aromatic heterocycles. The van der Waals surface area contributed by atoms with Crippen LogP contribution in [-0.2, 0) is 0 Å². The van der Waals surface area contributed by atoms with Crippen molar-refractivity contribution < 1.29 is 0 Å². The van der Waals surface area contributed by atoms with Crippen molar-refractivity contribution in [2.45, 2.75) is 18.8 Å². The standard InChI is InChI=1S/C55H45N3/c1-2-19-45(56(46-21-8-3-9-22-46)47-23-10-4-11-24-47)31-18-20-42-32-38-54-52(40-42)53-41-44(35-39-55(53)58(54)50-29-16-7-17-30-50)43-33-36-51(37-34-43)57(48-25-12-5-13-26-48)49-27-14-6-15-28-49/h2-19,21-39,41,52H,1,20,40H2/b31-18-,45-19+. The zero-order valence-electron chi connectivity index (χ0n) is 32.5. The van der Waals surface area contributed by atoms with Crippen LogP contribution in [0.5, 0.6) is 0 Å². The van der Waals surface area contributed by atoms with E-state index in [1.807, 2.05) is 6.08 Å². The molecule has 0 N–H and O–H groups in total. The maximum Gasteiger partial charge on any atom is 0.0497 e. The molecule has 9 rings (SSSR count). The van der Waals surface area contributed by atoms with Gasteiger partial charge >= 0.3 is 0 Å². The largest absolute Gasteiger partial charge is 0.313 e. The second-order valence-electron chi connectivity index (χ2n) is 14.6. The Kier molecular flexibility index (Phi) is 10.5. The van der Waals surface area contributed by atoms with E-state index in [9.17, 15) is 0 Å². The molecule has 1 heterocycles. The Morgan fingerprint density at radius 3 is 1.66 bits per heavy atom. The first-order valence-corrected chi connectivity index (χ1v) is 20.0. The number of fused-ring (bicyclic) bond motifs is 3. The van der Waals surface area contributed by atoms with Gasteiger partial charge in [-0.15, -0.1) is 0 Å². The molecule has 280 valence electrons. The molecule has 3 heteroatoms. The van der Waals surface area contributed by atoms with E-state index in [0.717, 1.165) is 47.0 Å². The highest BCUT2D eigenvalue weighted by molar-refractivity contribution is 5.83. The monoisotopic (exact) mass is 747 g/mol. The Morgan fingerprint density at radius 2 is 1.09 bits per heavy atom. The van der Waals surface area contributed by atoms with Crippen LogP contribution >= 0.6 is 0 Å². The highest BCUT2D eigenvalue weighted by Gasteiger charge is 2.36. The second kappa shape index (κ2) is 16.8. The SMILES string of the molecule is C=C/C=C(\C=C/CC1=CC=C2C(C1)c1cc(-c3ccc(N(c4ccccc4)c4ccccc4)cc3)ccc1N2c1ccccc1)N(c1ccccc1)c1ccccc1. The number of nitrogens with zero attached hydrogens (tertiary/aromatic N) is 3. The van der Waals surface area contributed by atoms with Crippen LogP contribution < -0.4 is 14.7 Å². The summed E-state index contributed by atoms with van der Waals surface area (Å²) in [5, 5.41) is 0. The van der Waals surface area contributed by atoms with Gasteiger partial charge in [-0.1, -0.05) is 140 Å². The summed E-state index contributed by atoms with van der Waals surface area (Å²) in [6, 6.07) is 69.0. The van der Waals surface area contributed by atoms with E-state index in [-0.39, 0.29) is 5.92 Å². The van der Waals surface area contributed by atoms with Crippen LogP contribution in [0.25, 0.3) is 11.1 Å². The summed E-state index contributed by atoms with van der Waals surface area (Å²) in [6.07, 6.45) is 15.0. The summed E-state index contributed by atoms with van der Waals surface area (Å²) >= 11 is 0. The van der Waals surface area contributed by atoms with Crippen molar-refractivity contribution >= 4 is 39.8 Å². The molecule has 1 aliphatic carbocycles. The van der Waals surface area contributed by atoms with Crippen LogP contribution in [0, 0.1) is 0 Å². The minimum absolute atomic E-state index is 0.253. The third kappa shape index (κ3) is 7.46. The van der Waals surface area contributed by atoms with E-state index in [4.69, 9.17) is 0 Å². The molecule has 7 aromatic carbocycles. The Morgan fingerprint density at radius 1 is 0.569 bits per heavy atom. The molecule has 0 saturated carbocycles. The number of benzene rings is 7. The maximum atomic E-state index is 4.06. The highest BCUT2D eigenvalue weighted by atomic mass is 15.2. The number of allylic oxidation sites excluding steroid dienone is 8. The number of anilines is 7. The van der Waals surface area contributed by atoms with Crippen molar-refractivity contribution in [3.63, 3.8) is 0 Å². The summed E-state index contributed by atoms with van der Waals surface area (Å²) in [7, 11) is 0. The van der Waals surface area contributed by atoms with Crippen LogP contribution in [-0.4, -0.2) is 0 Å². The molecular weight excluding hydrogens is 703 g/mol. The van der Waals surface area contributed by atoms with Crippen molar-refractivity contribution in [3.05, 3.63) is 260 Å². The number of hydrogen-bond acceptors (Lipinski definition) is 3. The van der Waals surface area contributed by atoms with Crippen LogP contribution in [0.15, 0.2) is 254 Å². The molecule has 0 fully saturated rings. The molecule has 2 aliphatic rings. The minimum Gasteiger partial charge on any atom is -0.313 e. The molecule has 0 radical (unpaired) electrons. The van der Waals surface area contributed by atoms with E-state index in [1.54, 1.807) is 0 Å². The topological polar surface area (TPSA) is 9.72 Å². The van der Waals surface area contributed by atoms with Crippen molar-refractivity contribution in [1.29, 1.82) is 0 Å². The van der Waals surface area contributed by atoms with Gasteiger partial charge in [-0.3, -0.25) is 0 Å². The van der Waals surface area contributed by atoms with Gasteiger partial charge in [0.1, 0.15) is 0 Å². The molecule has 7 aromatic rings. The first-order valence-electron chi connectivity index (χ1n) is 20.0. The lowest BCUT2D eigenvalue weighted by Crippen LogP contribution is -2.15. The molecular formula is C55H45N3. The molecule has 1 aliphatic heterocycles. The first-order chi connectivity index (χ1) is 28.7. The van der Waals surface area contributed by atoms with Gasteiger partial charge < -0.3 is 14.7 Å². The van der Waals surface area contributed by atoms with E-state index >= 15 is 0 Å².